The van der Waals surface area contributed by atoms with E-state index in [2.05, 4.69) is 20.5 Å². The number of benzene rings is 2. The number of hydrogen-bond donors (Lipinski definition) is 1. The normalized spacial score (nSPS) is 10.6. The first-order valence-corrected chi connectivity index (χ1v) is 10.7. The zero-order chi connectivity index (χ0) is 21.6. The van der Waals surface area contributed by atoms with Crippen molar-refractivity contribution in [3.05, 3.63) is 78.1 Å². The Balaban J connectivity index is 1.59. The van der Waals surface area contributed by atoms with Crippen molar-refractivity contribution < 1.29 is 9.53 Å². The van der Waals surface area contributed by atoms with Crippen molar-refractivity contribution >= 4 is 35.0 Å². The molecule has 31 heavy (non-hydrogen) atoms. The van der Waals surface area contributed by atoms with E-state index in [4.69, 9.17) is 16.3 Å². The Kier molecular flexibility index (Phi) is 6.49. The minimum Gasteiger partial charge on any atom is -0.497 e. The number of anilines is 1. The molecule has 2 aromatic heterocycles. The van der Waals surface area contributed by atoms with Gasteiger partial charge < -0.3 is 10.1 Å². The molecule has 156 valence electrons. The highest BCUT2D eigenvalue weighted by Gasteiger charge is 2.17. The van der Waals surface area contributed by atoms with Crippen molar-refractivity contribution in [3.63, 3.8) is 0 Å². The number of methoxy groups -OCH3 is 1. The molecule has 0 aliphatic heterocycles. The summed E-state index contributed by atoms with van der Waals surface area (Å²) in [5, 5.41) is 12.7. The summed E-state index contributed by atoms with van der Waals surface area (Å²) >= 11 is 7.28. The second kappa shape index (κ2) is 9.63. The molecule has 1 amide bonds. The molecule has 0 saturated carbocycles. The Bertz CT molecular complexity index is 1180. The fourth-order valence-corrected chi connectivity index (χ4v) is 3.85. The van der Waals surface area contributed by atoms with Crippen LogP contribution in [0.25, 0.3) is 17.1 Å². The van der Waals surface area contributed by atoms with E-state index in [9.17, 15) is 4.79 Å². The van der Waals surface area contributed by atoms with Crippen LogP contribution in [0.1, 0.15) is 0 Å². The molecule has 4 rings (SSSR count). The summed E-state index contributed by atoms with van der Waals surface area (Å²) in [5.74, 6) is 1.40. The molecular weight excluding hydrogens is 434 g/mol. The standard InChI is InChI=1S/C22H18ClN5O2S/c1-30-19-7-5-18(6-8-19)28-21(15-9-11-24-12-10-15)26-27-22(28)31-14-20(29)25-17-4-2-3-16(23)13-17/h2-13H,14H2,1H3,(H,25,29). The maximum atomic E-state index is 12.4. The number of pyridine rings is 1. The third-order valence-corrected chi connectivity index (χ3v) is 5.51. The summed E-state index contributed by atoms with van der Waals surface area (Å²) in [5.41, 5.74) is 2.37. The average Bonchev–Trinajstić information content (AvgIpc) is 3.22. The maximum absolute atomic E-state index is 12.4. The minimum absolute atomic E-state index is 0.164. The van der Waals surface area contributed by atoms with Gasteiger partial charge in [0.05, 0.1) is 12.9 Å². The number of carbonyl (C=O) groups is 1. The minimum atomic E-state index is -0.165. The van der Waals surface area contributed by atoms with E-state index in [-0.39, 0.29) is 11.7 Å². The molecule has 0 unspecified atom stereocenters. The molecule has 2 heterocycles. The second-order valence-corrected chi connectivity index (χ2v) is 7.80. The second-order valence-electron chi connectivity index (χ2n) is 6.42. The largest absolute Gasteiger partial charge is 0.497 e. The molecule has 0 radical (unpaired) electrons. The lowest BCUT2D eigenvalue weighted by Gasteiger charge is -2.11. The lowest BCUT2D eigenvalue weighted by molar-refractivity contribution is -0.113. The zero-order valence-corrected chi connectivity index (χ0v) is 18.1. The third kappa shape index (κ3) is 5.04. The first-order chi connectivity index (χ1) is 15.1. The maximum Gasteiger partial charge on any atom is 0.234 e. The van der Waals surface area contributed by atoms with Crippen molar-refractivity contribution in [2.45, 2.75) is 5.16 Å². The van der Waals surface area contributed by atoms with Gasteiger partial charge in [0.1, 0.15) is 5.75 Å². The molecule has 2 aromatic carbocycles. The lowest BCUT2D eigenvalue weighted by atomic mass is 10.2. The van der Waals surface area contributed by atoms with Gasteiger partial charge in [0, 0.05) is 34.4 Å². The quantitative estimate of drug-likeness (QED) is 0.409. The van der Waals surface area contributed by atoms with Crippen molar-refractivity contribution in [2.24, 2.45) is 0 Å². The Morgan fingerprint density at radius 1 is 1.10 bits per heavy atom. The van der Waals surface area contributed by atoms with E-state index >= 15 is 0 Å². The summed E-state index contributed by atoms with van der Waals surface area (Å²) in [6.45, 7) is 0. The number of hydrogen-bond acceptors (Lipinski definition) is 6. The van der Waals surface area contributed by atoms with Crippen LogP contribution in [0.5, 0.6) is 5.75 Å². The fraction of sp³-hybridized carbons (Fsp3) is 0.0909. The van der Waals surface area contributed by atoms with Gasteiger partial charge in [-0.15, -0.1) is 10.2 Å². The molecule has 0 spiro atoms. The number of ether oxygens (including phenoxy) is 1. The van der Waals surface area contributed by atoms with Crippen molar-refractivity contribution in [1.29, 1.82) is 0 Å². The van der Waals surface area contributed by atoms with Gasteiger partial charge >= 0.3 is 0 Å². The van der Waals surface area contributed by atoms with Gasteiger partial charge in [-0.2, -0.15) is 0 Å². The van der Waals surface area contributed by atoms with Gasteiger partial charge in [0.15, 0.2) is 11.0 Å². The number of halogens is 1. The lowest BCUT2D eigenvalue weighted by Crippen LogP contribution is -2.14. The average molecular weight is 452 g/mol. The van der Waals surface area contributed by atoms with Crippen LogP contribution in [0, 0.1) is 0 Å². The van der Waals surface area contributed by atoms with Crippen LogP contribution >= 0.6 is 23.4 Å². The van der Waals surface area contributed by atoms with Gasteiger partial charge in [0.25, 0.3) is 0 Å². The molecule has 0 saturated heterocycles. The van der Waals surface area contributed by atoms with Gasteiger partial charge in [-0.1, -0.05) is 29.4 Å². The van der Waals surface area contributed by atoms with Crippen molar-refractivity contribution in [2.75, 3.05) is 18.2 Å². The van der Waals surface area contributed by atoms with Crippen molar-refractivity contribution in [1.82, 2.24) is 19.7 Å². The molecule has 7 nitrogen and oxygen atoms in total. The van der Waals surface area contributed by atoms with Crippen LogP contribution in [0.3, 0.4) is 0 Å². The molecule has 0 aliphatic carbocycles. The van der Waals surface area contributed by atoms with Crippen LogP contribution in [-0.2, 0) is 4.79 Å². The van der Waals surface area contributed by atoms with E-state index in [1.807, 2.05) is 41.0 Å². The van der Waals surface area contributed by atoms with Gasteiger partial charge in [0.2, 0.25) is 5.91 Å². The van der Waals surface area contributed by atoms with Crippen LogP contribution in [-0.4, -0.2) is 38.5 Å². The molecule has 4 aromatic rings. The molecule has 0 aliphatic rings. The topological polar surface area (TPSA) is 81.9 Å². The number of aromatic nitrogens is 4. The van der Waals surface area contributed by atoms with Crippen molar-refractivity contribution in [3.8, 4) is 22.8 Å². The highest BCUT2D eigenvalue weighted by molar-refractivity contribution is 7.99. The zero-order valence-electron chi connectivity index (χ0n) is 16.5. The number of nitrogens with one attached hydrogen (secondary N) is 1. The van der Waals surface area contributed by atoms with E-state index in [1.165, 1.54) is 11.8 Å². The third-order valence-electron chi connectivity index (χ3n) is 4.34. The van der Waals surface area contributed by atoms with Crippen LogP contribution in [0.2, 0.25) is 5.02 Å². The Hall–Kier alpha value is -3.36. The molecule has 1 N–H and O–H groups in total. The van der Waals surface area contributed by atoms with E-state index in [0.29, 0.717) is 21.7 Å². The van der Waals surface area contributed by atoms with Crippen LogP contribution < -0.4 is 10.1 Å². The molecule has 0 atom stereocenters. The predicted octanol–water partition coefficient (Wildman–Crippen LogP) is 4.72. The number of carbonyl (C=O) groups excluding carboxylic acids is 1. The summed E-state index contributed by atoms with van der Waals surface area (Å²) in [4.78, 5) is 16.5. The monoisotopic (exact) mass is 451 g/mol. The van der Waals surface area contributed by atoms with Crippen LogP contribution in [0.15, 0.2) is 78.2 Å². The smallest absolute Gasteiger partial charge is 0.234 e. The molecule has 0 bridgehead atoms. The summed E-state index contributed by atoms with van der Waals surface area (Å²) in [6, 6.07) is 18.3. The molecule has 9 heteroatoms. The fourth-order valence-electron chi connectivity index (χ4n) is 2.91. The Morgan fingerprint density at radius 3 is 2.58 bits per heavy atom. The predicted molar refractivity (Wildman–Crippen MR) is 122 cm³/mol. The van der Waals surface area contributed by atoms with E-state index in [0.717, 1.165) is 17.0 Å². The SMILES string of the molecule is COc1ccc(-n2c(SCC(=O)Nc3cccc(Cl)c3)nnc2-c2ccncc2)cc1. The molecule has 0 fully saturated rings. The Labute approximate surface area is 188 Å². The van der Waals surface area contributed by atoms with E-state index in [1.54, 1.807) is 43.8 Å². The number of thioether (sulfide) groups is 1. The highest BCUT2D eigenvalue weighted by Crippen LogP contribution is 2.28. The van der Waals surface area contributed by atoms with Gasteiger partial charge in [-0.3, -0.25) is 14.3 Å². The highest BCUT2D eigenvalue weighted by atomic mass is 35.5. The van der Waals surface area contributed by atoms with Gasteiger partial charge in [-0.25, -0.2) is 0 Å². The molecular formula is C22H18ClN5O2S. The first-order valence-electron chi connectivity index (χ1n) is 9.32. The summed E-state index contributed by atoms with van der Waals surface area (Å²) < 4.78 is 7.17. The number of rotatable bonds is 7. The van der Waals surface area contributed by atoms with Crippen LogP contribution in [0.4, 0.5) is 5.69 Å². The Morgan fingerprint density at radius 2 is 1.87 bits per heavy atom. The first kappa shape index (κ1) is 20.9. The number of amides is 1. The summed E-state index contributed by atoms with van der Waals surface area (Å²) in [6.07, 6.45) is 3.40. The number of nitrogens with zero attached hydrogens (tertiary/aromatic N) is 4. The van der Waals surface area contributed by atoms with Gasteiger partial charge in [-0.05, 0) is 54.6 Å². The summed E-state index contributed by atoms with van der Waals surface area (Å²) in [7, 11) is 1.62. The van der Waals surface area contributed by atoms with E-state index < -0.39 is 0 Å².